The molecule has 1 unspecified atom stereocenters. The minimum absolute atomic E-state index is 0.0102. The van der Waals surface area contributed by atoms with E-state index in [0.29, 0.717) is 31.9 Å². The molecule has 12 heteroatoms. The molecule has 238 valence electrons. The molecule has 2 saturated heterocycles. The largest absolute Gasteiger partial charge is 0.461 e. The Bertz CT molecular complexity index is 1810. The van der Waals surface area contributed by atoms with Gasteiger partial charge in [0.25, 0.3) is 0 Å². The Morgan fingerprint density at radius 1 is 1.11 bits per heavy atom. The second-order valence-corrected chi connectivity index (χ2v) is 12.8. The molecule has 8 nitrogen and oxygen atoms in total. The van der Waals surface area contributed by atoms with E-state index in [9.17, 15) is 9.65 Å². The molecule has 45 heavy (non-hydrogen) atoms. The number of rotatable bonds is 6. The molecule has 0 radical (unpaired) electrons. The zero-order valence-corrected chi connectivity index (χ0v) is 26.7. The van der Waals surface area contributed by atoms with E-state index in [1.54, 1.807) is 0 Å². The number of nitrogen functional groups attached to an aromatic ring is 1. The van der Waals surface area contributed by atoms with Crippen LogP contribution >= 0.6 is 11.3 Å². The normalized spacial score (nSPS) is 18.9. The molecule has 3 aliphatic rings. The predicted molar refractivity (Wildman–Crippen MR) is 173 cm³/mol. The first-order chi connectivity index (χ1) is 21.8. The number of nitrogens with zero attached hydrogens (tertiary/aromatic N) is 5. The highest BCUT2D eigenvalue weighted by Crippen LogP contribution is 2.47. The first-order valence-corrected chi connectivity index (χ1v) is 16.6. The van der Waals surface area contributed by atoms with E-state index in [2.05, 4.69) is 9.88 Å². The third-order valence-corrected chi connectivity index (χ3v) is 10.6. The van der Waals surface area contributed by atoms with Gasteiger partial charge in [-0.05, 0) is 70.2 Å². The molecule has 0 bridgehead atoms. The molecule has 2 aromatic heterocycles. The van der Waals surface area contributed by atoms with E-state index in [0.717, 1.165) is 56.2 Å². The zero-order valence-electron chi connectivity index (χ0n) is 25.9. The van der Waals surface area contributed by atoms with Crippen molar-refractivity contribution in [1.29, 1.82) is 5.26 Å². The molecule has 0 aliphatic carbocycles. The predicted octanol–water partition coefficient (Wildman–Crippen LogP) is 6.52. The lowest BCUT2D eigenvalue weighted by molar-refractivity contribution is 0.108. The fraction of sp³-hybridized carbons (Fsp3) is 0.485. The minimum atomic E-state index is -0.921. The summed E-state index contributed by atoms with van der Waals surface area (Å²) in [5.41, 5.74) is 12.0. The third-order valence-electron chi connectivity index (χ3n) is 9.62. The molecule has 0 saturated carbocycles. The molecule has 3 aliphatic heterocycles. The fourth-order valence-electron chi connectivity index (χ4n) is 7.55. The third kappa shape index (κ3) is 4.87. The van der Waals surface area contributed by atoms with Crippen molar-refractivity contribution < 1.29 is 17.9 Å². The van der Waals surface area contributed by atoms with Gasteiger partial charge in [0.15, 0.2) is 5.82 Å². The van der Waals surface area contributed by atoms with Gasteiger partial charge in [0.05, 0.1) is 26.8 Å². The van der Waals surface area contributed by atoms with Crippen molar-refractivity contribution in [2.45, 2.75) is 70.9 Å². The Morgan fingerprint density at radius 3 is 2.51 bits per heavy atom. The van der Waals surface area contributed by atoms with E-state index in [-0.39, 0.29) is 72.3 Å². The summed E-state index contributed by atoms with van der Waals surface area (Å²) < 4.78 is 54.7. The van der Waals surface area contributed by atoms with Crippen LogP contribution in [0.25, 0.3) is 32.1 Å². The number of thiophene rings is 1. The zero-order chi connectivity index (χ0) is 32.0. The second kappa shape index (κ2) is 12.3. The summed E-state index contributed by atoms with van der Waals surface area (Å²) >= 11 is 0.881. The number of likely N-dealkylation sites (N-methyl/N-ethyl adjacent to an activating group) is 1. The second-order valence-electron chi connectivity index (χ2n) is 11.7. The summed E-state index contributed by atoms with van der Waals surface area (Å²) in [7, 11) is 0. The molecule has 5 heterocycles. The summed E-state index contributed by atoms with van der Waals surface area (Å²) in [6.07, 6.45) is 5.01. The summed E-state index contributed by atoms with van der Waals surface area (Å²) in [5.74, 6) is -1.93. The lowest BCUT2D eigenvalue weighted by Crippen LogP contribution is -2.43. The van der Waals surface area contributed by atoms with Gasteiger partial charge in [0, 0.05) is 30.1 Å². The number of benzene rings is 2. The number of halogens is 3. The van der Waals surface area contributed by atoms with Crippen molar-refractivity contribution in [3.8, 4) is 23.2 Å². The van der Waals surface area contributed by atoms with Crippen LogP contribution in [-0.4, -0.2) is 59.2 Å². The van der Waals surface area contributed by atoms with Crippen LogP contribution in [0, 0.1) is 28.8 Å². The summed E-state index contributed by atoms with van der Waals surface area (Å²) in [6.45, 7) is 9.21. The van der Waals surface area contributed by atoms with Gasteiger partial charge in [0.2, 0.25) is 0 Å². The Labute approximate surface area is 264 Å². The highest BCUT2D eigenvalue weighted by molar-refractivity contribution is 7.23. The smallest absolute Gasteiger partial charge is 0.319 e. The average molecular weight is 638 g/mol. The number of ether oxygens (including phenoxy) is 1. The van der Waals surface area contributed by atoms with Crippen LogP contribution in [-0.2, 0) is 6.42 Å². The monoisotopic (exact) mass is 637 g/mol. The molecule has 7 rings (SSSR count). The number of hydrogen-bond donors (Lipinski definition) is 2. The van der Waals surface area contributed by atoms with Crippen LogP contribution in [0.15, 0.2) is 12.1 Å². The Kier molecular flexibility index (Phi) is 8.54. The van der Waals surface area contributed by atoms with Crippen LogP contribution < -0.4 is 21.1 Å². The number of aromatic nitrogens is 2. The van der Waals surface area contributed by atoms with Gasteiger partial charge in [0.1, 0.15) is 40.6 Å². The van der Waals surface area contributed by atoms with E-state index in [4.69, 9.17) is 21.2 Å². The van der Waals surface area contributed by atoms with Crippen molar-refractivity contribution in [3.05, 3.63) is 40.7 Å². The van der Waals surface area contributed by atoms with Gasteiger partial charge in [-0.15, -0.1) is 11.3 Å². The van der Waals surface area contributed by atoms with Crippen molar-refractivity contribution in [1.82, 2.24) is 14.9 Å². The number of hydrogen-bond acceptors (Lipinski definition) is 9. The number of anilines is 2. The molecule has 1 atom stereocenters. The van der Waals surface area contributed by atoms with Crippen molar-refractivity contribution >= 4 is 43.1 Å². The van der Waals surface area contributed by atoms with E-state index in [1.165, 1.54) is 6.07 Å². The SMILES string of the molecule is CC.CCN1c2nc(OCC34CCCN3CCC4)nc3c(F)c(-c4ccc(F)c5sc(N)c(C#N)c45)c(F)c(c23)CCC1CN. The number of nitriles is 1. The van der Waals surface area contributed by atoms with Crippen LogP contribution in [0.5, 0.6) is 6.01 Å². The molecule has 0 spiro atoms. The molecular weight excluding hydrogens is 599 g/mol. The van der Waals surface area contributed by atoms with Crippen molar-refractivity contribution in [2.24, 2.45) is 5.73 Å². The van der Waals surface area contributed by atoms with Gasteiger partial charge in [-0.3, -0.25) is 4.90 Å². The Hall–Kier alpha value is -3.66. The van der Waals surface area contributed by atoms with Gasteiger partial charge < -0.3 is 21.1 Å². The summed E-state index contributed by atoms with van der Waals surface area (Å²) in [4.78, 5) is 13.8. The number of nitrogens with two attached hydrogens (primary N) is 2. The lowest BCUT2D eigenvalue weighted by Gasteiger charge is -2.32. The topological polar surface area (TPSA) is 117 Å². The van der Waals surface area contributed by atoms with Crippen molar-refractivity contribution in [3.63, 3.8) is 0 Å². The van der Waals surface area contributed by atoms with Crippen LogP contribution in [0.2, 0.25) is 0 Å². The van der Waals surface area contributed by atoms with E-state index >= 15 is 8.78 Å². The van der Waals surface area contributed by atoms with Gasteiger partial charge in [-0.2, -0.15) is 15.2 Å². The lowest BCUT2D eigenvalue weighted by atomic mass is 9.92. The quantitative estimate of drug-likeness (QED) is 0.246. The van der Waals surface area contributed by atoms with E-state index in [1.807, 2.05) is 31.7 Å². The van der Waals surface area contributed by atoms with Gasteiger partial charge in [-0.1, -0.05) is 19.9 Å². The highest BCUT2D eigenvalue weighted by Gasteiger charge is 2.45. The highest BCUT2D eigenvalue weighted by atomic mass is 32.1. The Morgan fingerprint density at radius 2 is 1.84 bits per heavy atom. The molecule has 2 aromatic carbocycles. The minimum Gasteiger partial charge on any atom is -0.461 e. The van der Waals surface area contributed by atoms with Crippen LogP contribution in [0.1, 0.15) is 64.0 Å². The molecule has 4 N–H and O–H groups in total. The standard InChI is InChI=1S/C31H32F3N7OS.C2H6/c1-2-41-16(13-35)5-6-18-23-26(38-30(39-29(23)41)42-15-31-9-3-11-40(31)12-4-10-31)25(34)22(24(18)33)17-7-8-20(32)27-21(17)19(14-36)28(37)43-27;1-2/h7-8,16H,2-6,9-13,15,35,37H2,1H3;1-2H3. The first kappa shape index (κ1) is 31.3. The maximum absolute atomic E-state index is 16.8. The Balaban J connectivity index is 0.00000175. The molecule has 2 fully saturated rings. The molecule has 4 aromatic rings. The maximum atomic E-state index is 16.8. The maximum Gasteiger partial charge on any atom is 0.319 e. The van der Waals surface area contributed by atoms with Gasteiger partial charge >= 0.3 is 6.01 Å². The molecular formula is C33H38F3N7OS. The molecule has 0 amide bonds. The van der Waals surface area contributed by atoms with Gasteiger partial charge in [-0.25, -0.2) is 13.2 Å². The first-order valence-electron chi connectivity index (χ1n) is 15.8. The number of fused-ring (bicyclic) bond motifs is 2. The summed E-state index contributed by atoms with van der Waals surface area (Å²) in [5, 5.41) is 10.3. The van der Waals surface area contributed by atoms with E-state index < -0.39 is 17.5 Å². The van der Waals surface area contributed by atoms with Crippen LogP contribution in [0.4, 0.5) is 24.0 Å². The van der Waals surface area contributed by atoms with Crippen molar-refractivity contribution in [2.75, 3.05) is 43.4 Å². The average Bonchev–Trinajstić information content (AvgIpc) is 3.70. The van der Waals surface area contributed by atoms with Crippen LogP contribution in [0.3, 0.4) is 0 Å². The summed E-state index contributed by atoms with van der Waals surface area (Å²) in [6, 6.07) is 4.30. The fourth-order valence-corrected chi connectivity index (χ4v) is 8.50. The number of aryl methyl sites for hydroxylation is 1.